The first kappa shape index (κ1) is 13.7. The van der Waals surface area contributed by atoms with Gasteiger partial charge in [-0.1, -0.05) is 38.1 Å². The molecule has 0 radical (unpaired) electrons. The SMILES string of the molecule is CC(=O)N1OC(C)(C)N=C1c1ccc(C(C)C)cc1. The summed E-state index contributed by atoms with van der Waals surface area (Å²) in [5.74, 6) is 0.890. The van der Waals surface area contributed by atoms with Crippen LogP contribution in [0.15, 0.2) is 29.3 Å². The minimum Gasteiger partial charge on any atom is -0.272 e. The number of amidine groups is 1. The molecule has 0 fully saturated rings. The van der Waals surface area contributed by atoms with Gasteiger partial charge in [-0.2, -0.15) is 5.06 Å². The molecule has 0 unspecified atom stereocenters. The van der Waals surface area contributed by atoms with Crippen LogP contribution in [-0.2, 0) is 9.63 Å². The first-order valence-corrected chi connectivity index (χ1v) is 6.50. The predicted molar refractivity (Wildman–Crippen MR) is 74.8 cm³/mol. The van der Waals surface area contributed by atoms with Crippen LogP contribution in [-0.4, -0.2) is 22.5 Å². The molecule has 1 heterocycles. The molecule has 0 bridgehead atoms. The van der Waals surface area contributed by atoms with Gasteiger partial charge < -0.3 is 0 Å². The van der Waals surface area contributed by atoms with Gasteiger partial charge in [-0.15, -0.1) is 0 Å². The summed E-state index contributed by atoms with van der Waals surface area (Å²) >= 11 is 0. The molecule has 0 saturated carbocycles. The van der Waals surface area contributed by atoms with E-state index < -0.39 is 5.72 Å². The van der Waals surface area contributed by atoms with Crippen LogP contribution in [0.3, 0.4) is 0 Å². The number of nitrogens with zero attached hydrogens (tertiary/aromatic N) is 2. The van der Waals surface area contributed by atoms with Crippen LogP contribution >= 0.6 is 0 Å². The van der Waals surface area contributed by atoms with Crippen LogP contribution in [0.1, 0.15) is 51.7 Å². The lowest BCUT2D eigenvalue weighted by Crippen LogP contribution is -2.34. The number of rotatable bonds is 2. The molecule has 0 N–H and O–H groups in total. The summed E-state index contributed by atoms with van der Waals surface area (Å²) in [6.45, 7) is 9.43. The van der Waals surface area contributed by atoms with Crippen molar-refractivity contribution in [2.45, 2.75) is 46.3 Å². The van der Waals surface area contributed by atoms with E-state index in [0.29, 0.717) is 11.8 Å². The first-order chi connectivity index (χ1) is 8.80. The number of hydrogen-bond donors (Lipinski definition) is 0. The number of aliphatic imine (C=N–C) groups is 1. The molecule has 0 saturated heterocycles. The molecule has 1 aliphatic rings. The normalized spacial score (nSPS) is 17.8. The lowest BCUT2D eigenvalue weighted by Gasteiger charge is -2.18. The van der Waals surface area contributed by atoms with Crippen molar-refractivity contribution in [1.29, 1.82) is 0 Å². The highest BCUT2D eigenvalue weighted by Gasteiger charge is 2.35. The van der Waals surface area contributed by atoms with Gasteiger partial charge in [-0.05, 0) is 25.3 Å². The van der Waals surface area contributed by atoms with Gasteiger partial charge in [0.05, 0.1) is 0 Å². The molecule has 0 atom stereocenters. The molecular formula is C15H20N2O2. The smallest absolute Gasteiger partial charge is 0.249 e. The molecule has 1 aromatic carbocycles. The summed E-state index contributed by atoms with van der Waals surface area (Å²) in [5.41, 5.74) is 1.46. The van der Waals surface area contributed by atoms with E-state index in [1.165, 1.54) is 17.6 Å². The second-order valence-corrected chi connectivity index (χ2v) is 5.56. The molecule has 1 aromatic rings. The van der Waals surface area contributed by atoms with Crippen molar-refractivity contribution >= 4 is 11.7 Å². The summed E-state index contributed by atoms with van der Waals surface area (Å²) in [6, 6.07) is 8.09. The van der Waals surface area contributed by atoms with Crippen molar-refractivity contribution < 1.29 is 9.63 Å². The number of amides is 1. The van der Waals surface area contributed by atoms with E-state index in [1.807, 2.05) is 26.0 Å². The molecular weight excluding hydrogens is 240 g/mol. The summed E-state index contributed by atoms with van der Waals surface area (Å²) in [4.78, 5) is 21.6. The van der Waals surface area contributed by atoms with Crippen molar-refractivity contribution in [3.8, 4) is 0 Å². The molecule has 0 aromatic heterocycles. The molecule has 1 aliphatic heterocycles. The van der Waals surface area contributed by atoms with Gasteiger partial charge >= 0.3 is 0 Å². The van der Waals surface area contributed by atoms with Crippen LogP contribution in [0.4, 0.5) is 0 Å². The molecule has 2 rings (SSSR count). The number of hydroxylamine groups is 2. The Bertz CT molecular complexity index is 515. The summed E-state index contributed by atoms with van der Waals surface area (Å²) in [5, 5.41) is 1.27. The van der Waals surface area contributed by atoms with Crippen LogP contribution < -0.4 is 0 Å². The van der Waals surface area contributed by atoms with Gasteiger partial charge in [0.15, 0.2) is 11.6 Å². The average Bonchev–Trinajstić information content (AvgIpc) is 2.66. The number of hydrogen-bond acceptors (Lipinski definition) is 3. The van der Waals surface area contributed by atoms with E-state index in [9.17, 15) is 4.79 Å². The highest BCUT2D eigenvalue weighted by atomic mass is 16.7. The van der Waals surface area contributed by atoms with Gasteiger partial charge in [0, 0.05) is 12.5 Å². The summed E-state index contributed by atoms with van der Waals surface area (Å²) in [7, 11) is 0. The molecule has 19 heavy (non-hydrogen) atoms. The largest absolute Gasteiger partial charge is 0.272 e. The third-order valence-electron chi connectivity index (χ3n) is 3.00. The third-order valence-corrected chi connectivity index (χ3v) is 3.00. The second-order valence-electron chi connectivity index (χ2n) is 5.56. The Morgan fingerprint density at radius 1 is 1.26 bits per heavy atom. The van der Waals surface area contributed by atoms with Crippen LogP contribution in [0.2, 0.25) is 0 Å². The maximum absolute atomic E-state index is 11.6. The van der Waals surface area contributed by atoms with Crippen molar-refractivity contribution in [3.63, 3.8) is 0 Å². The highest BCUT2D eigenvalue weighted by molar-refractivity contribution is 6.07. The Morgan fingerprint density at radius 2 is 1.84 bits per heavy atom. The zero-order chi connectivity index (χ0) is 14.2. The van der Waals surface area contributed by atoms with Crippen LogP contribution in [0.5, 0.6) is 0 Å². The zero-order valence-electron chi connectivity index (χ0n) is 12.1. The van der Waals surface area contributed by atoms with Gasteiger partial charge in [-0.3, -0.25) is 4.79 Å². The van der Waals surface area contributed by atoms with E-state index in [2.05, 4.69) is 31.0 Å². The fourth-order valence-electron chi connectivity index (χ4n) is 2.00. The van der Waals surface area contributed by atoms with E-state index >= 15 is 0 Å². The van der Waals surface area contributed by atoms with Crippen molar-refractivity contribution in [2.75, 3.05) is 0 Å². The van der Waals surface area contributed by atoms with E-state index in [0.717, 1.165) is 5.56 Å². The van der Waals surface area contributed by atoms with Gasteiger partial charge in [0.1, 0.15) is 0 Å². The third kappa shape index (κ3) is 2.84. The van der Waals surface area contributed by atoms with Gasteiger partial charge in [0.2, 0.25) is 5.91 Å². The van der Waals surface area contributed by atoms with Crippen molar-refractivity contribution in [3.05, 3.63) is 35.4 Å². The number of carbonyl (C=O) groups is 1. The molecule has 102 valence electrons. The lowest BCUT2D eigenvalue weighted by atomic mass is 10.0. The van der Waals surface area contributed by atoms with Crippen molar-refractivity contribution in [1.82, 2.24) is 5.06 Å². The second kappa shape index (κ2) is 4.78. The van der Waals surface area contributed by atoms with Crippen LogP contribution in [0.25, 0.3) is 0 Å². The maximum atomic E-state index is 11.6. The molecule has 4 nitrogen and oxygen atoms in total. The van der Waals surface area contributed by atoms with E-state index in [4.69, 9.17) is 4.84 Å². The first-order valence-electron chi connectivity index (χ1n) is 6.50. The quantitative estimate of drug-likeness (QED) is 0.820. The van der Waals surface area contributed by atoms with E-state index in [1.54, 1.807) is 0 Å². The standard InChI is InChI=1S/C15H20N2O2/c1-10(2)12-6-8-13(9-7-12)14-16-15(4,5)19-17(14)11(3)18/h6-10H,1-5H3. The summed E-state index contributed by atoms with van der Waals surface area (Å²) < 4.78 is 0. The molecule has 4 heteroatoms. The Hall–Kier alpha value is -1.68. The topological polar surface area (TPSA) is 41.9 Å². The fourth-order valence-corrected chi connectivity index (χ4v) is 2.00. The van der Waals surface area contributed by atoms with Gasteiger partial charge in [0.25, 0.3) is 0 Å². The molecule has 1 amide bonds. The lowest BCUT2D eigenvalue weighted by molar-refractivity contribution is -0.183. The Labute approximate surface area is 114 Å². The monoisotopic (exact) mass is 260 g/mol. The van der Waals surface area contributed by atoms with Crippen LogP contribution in [0, 0.1) is 0 Å². The Balaban J connectivity index is 2.36. The minimum absolute atomic E-state index is 0.169. The average molecular weight is 260 g/mol. The highest BCUT2D eigenvalue weighted by Crippen LogP contribution is 2.26. The Kier molecular flexibility index (Phi) is 3.45. The Morgan fingerprint density at radius 3 is 2.32 bits per heavy atom. The predicted octanol–water partition coefficient (Wildman–Crippen LogP) is 3.09. The maximum Gasteiger partial charge on any atom is 0.249 e. The molecule has 0 aliphatic carbocycles. The minimum atomic E-state index is -0.697. The fraction of sp³-hybridized carbons (Fsp3) is 0.467. The summed E-state index contributed by atoms with van der Waals surface area (Å²) in [6.07, 6.45) is 0. The van der Waals surface area contributed by atoms with Crippen molar-refractivity contribution in [2.24, 2.45) is 4.99 Å². The molecule has 0 spiro atoms. The number of benzene rings is 1. The number of carbonyl (C=O) groups excluding carboxylic acids is 1. The zero-order valence-corrected chi connectivity index (χ0v) is 12.1. The van der Waals surface area contributed by atoms with Gasteiger partial charge in [-0.25, -0.2) is 9.83 Å². The van der Waals surface area contributed by atoms with E-state index in [-0.39, 0.29) is 5.91 Å².